The summed E-state index contributed by atoms with van der Waals surface area (Å²) >= 11 is 1.11. The minimum absolute atomic E-state index is 0.159. The molecule has 0 unspecified atom stereocenters. The lowest BCUT2D eigenvalue weighted by Gasteiger charge is -2.32. The molecule has 0 saturated carbocycles. The van der Waals surface area contributed by atoms with Gasteiger partial charge in [-0.3, -0.25) is 0 Å². The monoisotopic (exact) mass is 284 g/mol. The van der Waals surface area contributed by atoms with Gasteiger partial charge in [-0.1, -0.05) is 0 Å². The Kier molecular flexibility index (Phi) is 3.41. The lowest BCUT2D eigenvalue weighted by Crippen LogP contribution is -2.41. The maximum Gasteiger partial charge on any atom is 0.499 e. The average Bonchev–Trinajstić information content (AvgIpc) is 2.77. The quantitative estimate of drug-likeness (QED) is 0.857. The van der Waals surface area contributed by atoms with E-state index in [2.05, 4.69) is 0 Å². The van der Waals surface area contributed by atoms with Crippen LogP contribution in [0.3, 0.4) is 0 Å². The van der Waals surface area contributed by atoms with Gasteiger partial charge in [0.05, 0.1) is 18.3 Å². The third-order valence-corrected chi connectivity index (χ3v) is 4.65. The van der Waals surface area contributed by atoms with Crippen molar-refractivity contribution < 1.29 is 23.9 Å². The van der Waals surface area contributed by atoms with Crippen molar-refractivity contribution in [2.75, 3.05) is 7.11 Å². The maximum atomic E-state index is 11.1. The van der Waals surface area contributed by atoms with Crippen molar-refractivity contribution in [1.29, 1.82) is 0 Å². The molecule has 5 nitrogen and oxygen atoms in total. The topological polar surface area (TPSA) is 65.0 Å². The molecule has 7 heteroatoms. The van der Waals surface area contributed by atoms with Crippen molar-refractivity contribution in [1.82, 2.24) is 0 Å². The van der Waals surface area contributed by atoms with Crippen LogP contribution < -0.4 is 10.2 Å². The summed E-state index contributed by atoms with van der Waals surface area (Å²) in [6.07, 6.45) is 0. The molecule has 1 aliphatic rings. The molecule has 0 atom stereocenters. The maximum absolute atomic E-state index is 11.1. The average molecular weight is 284 g/mol. The molecule has 1 aromatic rings. The molecule has 104 valence electrons. The molecular weight excluding hydrogens is 267 g/mol. The lowest BCUT2D eigenvalue weighted by atomic mass is 9.80. The van der Waals surface area contributed by atoms with E-state index in [0.29, 0.717) is 11.2 Å². The number of ether oxygens (including phenoxy) is 1. The van der Waals surface area contributed by atoms with Crippen molar-refractivity contribution in [2.45, 2.75) is 38.9 Å². The van der Waals surface area contributed by atoms with Crippen LogP contribution in [0.1, 0.15) is 37.4 Å². The first-order valence-corrected chi connectivity index (χ1v) is 6.82. The summed E-state index contributed by atoms with van der Waals surface area (Å²) in [7, 11) is 0.841. The van der Waals surface area contributed by atoms with E-state index in [1.54, 1.807) is 5.38 Å². The van der Waals surface area contributed by atoms with E-state index in [4.69, 9.17) is 19.2 Å². The second kappa shape index (κ2) is 4.50. The Bertz CT molecular complexity index is 492. The van der Waals surface area contributed by atoms with Crippen molar-refractivity contribution in [3.05, 3.63) is 10.3 Å². The molecule has 0 bridgehead atoms. The summed E-state index contributed by atoms with van der Waals surface area (Å²) in [6.45, 7) is 7.79. The predicted octanol–water partition coefficient (Wildman–Crippen LogP) is 1.75. The van der Waals surface area contributed by atoms with E-state index in [0.717, 1.165) is 11.3 Å². The van der Waals surface area contributed by atoms with E-state index in [-0.39, 0.29) is 4.88 Å². The second-order valence-corrected chi connectivity index (χ2v) is 6.33. The minimum Gasteiger partial charge on any atom is -0.495 e. The first-order chi connectivity index (χ1) is 8.69. The first-order valence-electron chi connectivity index (χ1n) is 5.94. The molecule has 0 spiro atoms. The van der Waals surface area contributed by atoms with Gasteiger partial charge in [-0.2, -0.15) is 0 Å². The Hall–Kier alpha value is -1.05. The summed E-state index contributed by atoms with van der Waals surface area (Å²) in [6, 6.07) is 0. The zero-order chi connectivity index (χ0) is 14.4. The summed E-state index contributed by atoms with van der Waals surface area (Å²) in [5.74, 6) is -0.694. The highest BCUT2D eigenvalue weighted by Crippen LogP contribution is 2.38. The second-order valence-electron chi connectivity index (χ2n) is 5.45. The Balaban J connectivity index is 2.37. The van der Waals surface area contributed by atoms with Crippen molar-refractivity contribution in [3.63, 3.8) is 0 Å². The largest absolute Gasteiger partial charge is 0.499 e. The van der Waals surface area contributed by atoms with Crippen LogP contribution in [-0.2, 0) is 9.31 Å². The van der Waals surface area contributed by atoms with Gasteiger partial charge in [-0.15, -0.1) is 11.3 Å². The van der Waals surface area contributed by atoms with E-state index < -0.39 is 24.3 Å². The number of aromatic carboxylic acids is 1. The molecule has 0 aliphatic carbocycles. The standard InChI is InChI=1S/C12H17BO5S/c1-11(2)12(3,4)18-13(17-11)7-6-19-9(10(14)15)8(7)16-5/h6H,1-5H3,(H,14,15). The highest BCUT2D eigenvalue weighted by atomic mass is 32.1. The number of carbonyl (C=O) groups is 1. The molecule has 1 saturated heterocycles. The molecular formula is C12H17BO5S. The van der Waals surface area contributed by atoms with Gasteiger partial charge in [0.1, 0.15) is 5.75 Å². The van der Waals surface area contributed by atoms with Crippen LogP contribution in [0.5, 0.6) is 5.75 Å². The van der Waals surface area contributed by atoms with Crippen LogP contribution >= 0.6 is 11.3 Å². The highest BCUT2D eigenvalue weighted by molar-refractivity contribution is 7.13. The lowest BCUT2D eigenvalue weighted by molar-refractivity contribution is 0.00578. The molecule has 0 aromatic carbocycles. The van der Waals surface area contributed by atoms with E-state index >= 15 is 0 Å². The summed E-state index contributed by atoms with van der Waals surface area (Å²) in [4.78, 5) is 11.3. The fraction of sp³-hybridized carbons (Fsp3) is 0.583. The Labute approximate surface area is 116 Å². The normalized spacial score (nSPS) is 20.6. The van der Waals surface area contributed by atoms with E-state index in [1.165, 1.54) is 7.11 Å². The fourth-order valence-electron chi connectivity index (χ4n) is 1.85. The van der Waals surface area contributed by atoms with Crippen LogP contribution in [0.4, 0.5) is 0 Å². The van der Waals surface area contributed by atoms with Gasteiger partial charge < -0.3 is 19.2 Å². The number of hydrogen-bond donors (Lipinski definition) is 1. The van der Waals surface area contributed by atoms with Crippen LogP contribution in [0.2, 0.25) is 0 Å². The number of thiophene rings is 1. The molecule has 1 aromatic heterocycles. The van der Waals surface area contributed by atoms with E-state index in [1.807, 2.05) is 27.7 Å². The zero-order valence-corrected chi connectivity index (χ0v) is 12.5. The highest BCUT2D eigenvalue weighted by Gasteiger charge is 2.53. The van der Waals surface area contributed by atoms with Crippen molar-refractivity contribution >= 4 is 29.9 Å². The number of hydrogen-bond acceptors (Lipinski definition) is 5. The number of carboxylic acids is 1. The summed E-state index contributed by atoms with van der Waals surface area (Å²) in [5, 5.41) is 10.8. The van der Waals surface area contributed by atoms with Gasteiger partial charge in [0.15, 0.2) is 4.88 Å². The molecule has 1 aliphatic heterocycles. The third-order valence-electron chi connectivity index (χ3n) is 3.68. The van der Waals surface area contributed by atoms with Gasteiger partial charge in [0.25, 0.3) is 0 Å². The molecule has 19 heavy (non-hydrogen) atoms. The van der Waals surface area contributed by atoms with Gasteiger partial charge in [0, 0.05) is 5.46 Å². The summed E-state index contributed by atoms with van der Waals surface area (Å²) in [5.41, 5.74) is -0.300. The molecule has 2 rings (SSSR count). The number of rotatable bonds is 3. The molecule has 2 heterocycles. The van der Waals surface area contributed by atoms with Gasteiger partial charge in [0.2, 0.25) is 0 Å². The number of carboxylic acid groups (broad SMARTS) is 1. The van der Waals surface area contributed by atoms with Crippen LogP contribution in [0, 0.1) is 0 Å². The van der Waals surface area contributed by atoms with Gasteiger partial charge in [-0.25, -0.2) is 4.79 Å². The molecule has 1 fully saturated rings. The van der Waals surface area contributed by atoms with Crippen molar-refractivity contribution in [3.8, 4) is 5.75 Å². The molecule has 1 N–H and O–H groups in total. The minimum atomic E-state index is -1.01. The number of methoxy groups -OCH3 is 1. The van der Waals surface area contributed by atoms with E-state index in [9.17, 15) is 4.79 Å². The SMILES string of the molecule is COc1c(B2OC(C)(C)C(C)(C)O2)csc1C(=O)O. The fourth-order valence-corrected chi connectivity index (χ4v) is 2.72. The van der Waals surface area contributed by atoms with Crippen molar-refractivity contribution in [2.24, 2.45) is 0 Å². The van der Waals surface area contributed by atoms with Crippen LogP contribution in [-0.4, -0.2) is 36.5 Å². The van der Waals surface area contributed by atoms with Crippen LogP contribution in [0.25, 0.3) is 0 Å². The van der Waals surface area contributed by atoms with Gasteiger partial charge >= 0.3 is 13.1 Å². The Morgan fingerprint density at radius 1 is 1.32 bits per heavy atom. The summed E-state index contributed by atoms with van der Waals surface area (Å²) < 4.78 is 17.0. The van der Waals surface area contributed by atoms with Gasteiger partial charge in [-0.05, 0) is 33.1 Å². The third kappa shape index (κ3) is 2.26. The Morgan fingerprint density at radius 3 is 2.26 bits per heavy atom. The predicted molar refractivity (Wildman–Crippen MR) is 73.5 cm³/mol. The zero-order valence-electron chi connectivity index (χ0n) is 11.6. The Morgan fingerprint density at radius 2 is 1.84 bits per heavy atom. The molecule has 0 amide bonds. The molecule has 0 radical (unpaired) electrons. The van der Waals surface area contributed by atoms with Crippen LogP contribution in [0.15, 0.2) is 5.38 Å². The smallest absolute Gasteiger partial charge is 0.495 e. The first kappa shape index (κ1) is 14.4.